The van der Waals surface area contributed by atoms with Crippen molar-refractivity contribution in [3.63, 3.8) is 0 Å². The van der Waals surface area contributed by atoms with Gasteiger partial charge in [0.05, 0.1) is 30.9 Å². The van der Waals surface area contributed by atoms with E-state index >= 15 is 8.78 Å². The van der Waals surface area contributed by atoms with Crippen molar-refractivity contribution in [3.8, 4) is 28.4 Å². The fourth-order valence-electron chi connectivity index (χ4n) is 3.55. The molecule has 0 saturated heterocycles. The number of nitrogens with zero attached hydrogens (tertiary/aromatic N) is 8. The lowest BCUT2D eigenvalue weighted by Crippen LogP contribution is -2.20. The first kappa shape index (κ1) is 22.5. The van der Waals surface area contributed by atoms with Gasteiger partial charge < -0.3 is 4.74 Å². The van der Waals surface area contributed by atoms with E-state index in [2.05, 4.69) is 37.3 Å². The Morgan fingerprint density at radius 1 is 1.00 bits per heavy atom. The van der Waals surface area contributed by atoms with Crippen molar-refractivity contribution in [3.05, 3.63) is 72.6 Å². The van der Waals surface area contributed by atoms with E-state index in [1.807, 2.05) is 0 Å². The number of fused-ring (bicyclic) bond motifs is 1. The molecule has 11 heteroatoms. The molecule has 0 aliphatic heterocycles. The number of alkyl halides is 2. The van der Waals surface area contributed by atoms with Crippen molar-refractivity contribution in [2.75, 3.05) is 6.61 Å². The Bertz CT molecular complexity index is 1460. The summed E-state index contributed by atoms with van der Waals surface area (Å²) in [5.74, 6) is -3.21. The van der Waals surface area contributed by atoms with Crippen LogP contribution < -0.4 is 4.74 Å². The van der Waals surface area contributed by atoms with Gasteiger partial charge in [-0.05, 0) is 24.6 Å². The molecule has 5 aromatic rings. The van der Waals surface area contributed by atoms with E-state index < -0.39 is 11.7 Å². The van der Waals surface area contributed by atoms with Crippen LogP contribution in [0.1, 0.15) is 31.2 Å². The Labute approximate surface area is 199 Å². The molecule has 4 heterocycles. The minimum atomic E-state index is -3.47. The molecule has 0 aliphatic rings. The largest absolute Gasteiger partial charge is 0.490 e. The minimum Gasteiger partial charge on any atom is -0.490 e. The van der Waals surface area contributed by atoms with E-state index in [0.29, 0.717) is 35.0 Å². The topological polar surface area (TPSA) is 95.9 Å². The molecule has 0 atom stereocenters. The van der Waals surface area contributed by atoms with E-state index in [4.69, 9.17) is 4.74 Å². The summed E-state index contributed by atoms with van der Waals surface area (Å²) < 4.78 is 39.6. The summed E-state index contributed by atoms with van der Waals surface area (Å²) in [5.41, 5.74) is 1.56. The van der Waals surface area contributed by atoms with Crippen LogP contribution in [0.25, 0.3) is 28.3 Å². The zero-order valence-corrected chi connectivity index (χ0v) is 19.1. The Kier molecular flexibility index (Phi) is 5.89. The number of aromatic nitrogens is 8. The Morgan fingerprint density at radius 2 is 1.83 bits per heavy atom. The summed E-state index contributed by atoms with van der Waals surface area (Å²) >= 11 is 0. The standard InChI is InChI=1S/C24H22F2N8O/c1-3-4-10-35-19-13-27-22(28-14-19)16-6-5-7-18(11-16)24(25,26)23-31-30-21-9-8-20(32-34(21)23)17-12-29-33(2)15-17/h5-9,11-15H,3-4,10H2,1-2H3. The highest BCUT2D eigenvalue weighted by atomic mass is 19.3. The molecular weight excluding hydrogens is 454 g/mol. The van der Waals surface area contributed by atoms with Crippen LogP contribution >= 0.6 is 0 Å². The molecule has 35 heavy (non-hydrogen) atoms. The number of benzene rings is 1. The molecule has 5 rings (SSSR count). The maximum atomic E-state index is 15.7. The average molecular weight is 476 g/mol. The van der Waals surface area contributed by atoms with Gasteiger partial charge in [-0.1, -0.05) is 31.5 Å². The number of hydrogen-bond acceptors (Lipinski definition) is 7. The first-order valence-electron chi connectivity index (χ1n) is 11.1. The maximum absolute atomic E-state index is 15.7. The minimum absolute atomic E-state index is 0.213. The van der Waals surface area contributed by atoms with E-state index in [-0.39, 0.29) is 11.2 Å². The molecule has 0 saturated carbocycles. The monoisotopic (exact) mass is 476 g/mol. The molecule has 0 unspecified atom stereocenters. The van der Waals surface area contributed by atoms with Crippen LogP contribution in [0.15, 0.2) is 61.2 Å². The number of hydrogen-bond donors (Lipinski definition) is 0. The highest BCUT2D eigenvalue weighted by molar-refractivity contribution is 5.59. The lowest BCUT2D eigenvalue weighted by molar-refractivity contribution is 0.0307. The highest BCUT2D eigenvalue weighted by Crippen LogP contribution is 2.36. The van der Waals surface area contributed by atoms with Gasteiger partial charge in [0.1, 0.15) is 0 Å². The fraction of sp³-hybridized carbons (Fsp3) is 0.250. The fourth-order valence-corrected chi connectivity index (χ4v) is 3.55. The molecule has 0 spiro atoms. The number of aryl methyl sites for hydroxylation is 1. The number of rotatable bonds is 8. The predicted molar refractivity (Wildman–Crippen MR) is 124 cm³/mol. The Balaban J connectivity index is 1.47. The van der Waals surface area contributed by atoms with Gasteiger partial charge in [-0.25, -0.2) is 9.97 Å². The normalized spacial score (nSPS) is 11.8. The molecule has 4 aromatic heterocycles. The summed E-state index contributed by atoms with van der Waals surface area (Å²) in [5, 5.41) is 16.1. The van der Waals surface area contributed by atoms with Crippen LogP contribution in [0.2, 0.25) is 0 Å². The smallest absolute Gasteiger partial charge is 0.333 e. The van der Waals surface area contributed by atoms with E-state index in [0.717, 1.165) is 17.4 Å². The van der Waals surface area contributed by atoms with Gasteiger partial charge in [0.2, 0.25) is 5.82 Å². The highest BCUT2D eigenvalue weighted by Gasteiger charge is 2.40. The van der Waals surface area contributed by atoms with E-state index in [1.165, 1.54) is 18.2 Å². The van der Waals surface area contributed by atoms with Crippen LogP contribution in [-0.4, -0.2) is 46.2 Å². The Morgan fingerprint density at radius 3 is 2.57 bits per heavy atom. The lowest BCUT2D eigenvalue weighted by Gasteiger charge is -2.15. The van der Waals surface area contributed by atoms with Gasteiger partial charge in [-0.15, -0.1) is 10.2 Å². The van der Waals surface area contributed by atoms with E-state index in [9.17, 15) is 0 Å². The number of halogens is 2. The quantitative estimate of drug-likeness (QED) is 0.308. The summed E-state index contributed by atoms with van der Waals surface area (Å²) in [6, 6.07) is 9.17. The summed E-state index contributed by atoms with van der Waals surface area (Å²) in [4.78, 5) is 8.55. The van der Waals surface area contributed by atoms with Crippen LogP contribution in [0.3, 0.4) is 0 Å². The number of unbranched alkanes of at least 4 members (excludes halogenated alkanes) is 1. The third-order valence-corrected chi connectivity index (χ3v) is 5.42. The van der Waals surface area contributed by atoms with Crippen LogP contribution in [-0.2, 0) is 13.0 Å². The van der Waals surface area contributed by atoms with Crippen molar-refractivity contribution in [1.82, 2.24) is 39.6 Å². The molecule has 1 aromatic carbocycles. The van der Waals surface area contributed by atoms with Crippen LogP contribution in [0.4, 0.5) is 8.78 Å². The molecule has 0 fully saturated rings. The first-order valence-corrected chi connectivity index (χ1v) is 11.1. The second-order valence-corrected chi connectivity index (χ2v) is 8.01. The third kappa shape index (κ3) is 4.44. The Hall–Kier alpha value is -4.28. The average Bonchev–Trinajstić information content (AvgIpc) is 3.51. The van der Waals surface area contributed by atoms with Gasteiger partial charge in [0.25, 0.3) is 0 Å². The zero-order chi connectivity index (χ0) is 24.4. The summed E-state index contributed by atoms with van der Waals surface area (Å²) in [6.07, 6.45) is 8.38. The van der Waals surface area contributed by atoms with Crippen molar-refractivity contribution in [2.45, 2.75) is 25.7 Å². The first-order chi connectivity index (χ1) is 17.0. The van der Waals surface area contributed by atoms with Crippen molar-refractivity contribution in [1.29, 1.82) is 0 Å². The predicted octanol–water partition coefficient (Wildman–Crippen LogP) is 4.30. The van der Waals surface area contributed by atoms with Crippen molar-refractivity contribution in [2.24, 2.45) is 7.05 Å². The second-order valence-electron chi connectivity index (χ2n) is 8.01. The molecule has 9 nitrogen and oxygen atoms in total. The van der Waals surface area contributed by atoms with Crippen LogP contribution in [0.5, 0.6) is 5.75 Å². The van der Waals surface area contributed by atoms with Crippen molar-refractivity contribution < 1.29 is 13.5 Å². The number of ether oxygens (including phenoxy) is 1. The van der Waals surface area contributed by atoms with Gasteiger partial charge in [0, 0.05) is 29.9 Å². The summed E-state index contributed by atoms with van der Waals surface area (Å²) in [6.45, 7) is 2.65. The zero-order valence-electron chi connectivity index (χ0n) is 19.1. The molecular formula is C24H22F2N8O. The molecule has 0 amide bonds. The van der Waals surface area contributed by atoms with E-state index in [1.54, 1.807) is 54.7 Å². The van der Waals surface area contributed by atoms with Crippen LogP contribution in [0, 0.1) is 0 Å². The lowest BCUT2D eigenvalue weighted by atomic mass is 10.0. The van der Waals surface area contributed by atoms with Crippen molar-refractivity contribution >= 4 is 5.65 Å². The second kappa shape index (κ2) is 9.16. The van der Waals surface area contributed by atoms with Gasteiger partial charge >= 0.3 is 5.92 Å². The summed E-state index contributed by atoms with van der Waals surface area (Å²) in [7, 11) is 1.77. The molecule has 0 radical (unpaired) electrons. The molecule has 178 valence electrons. The third-order valence-electron chi connectivity index (χ3n) is 5.42. The van der Waals surface area contributed by atoms with Gasteiger partial charge in [0.15, 0.2) is 17.2 Å². The molecule has 0 N–H and O–H groups in total. The van der Waals surface area contributed by atoms with Gasteiger partial charge in [-0.3, -0.25) is 4.68 Å². The van der Waals surface area contributed by atoms with Gasteiger partial charge in [-0.2, -0.15) is 23.5 Å². The molecule has 0 aliphatic carbocycles. The maximum Gasteiger partial charge on any atom is 0.333 e. The molecule has 0 bridgehead atoms. The SMILES string of the molecule is CCCCOc1cnc(-c2cccc(C(F)(F)c3nnc4ccc(-c5cnn(C)c5)nn34)c2)nc1.